The van der Waals surface area contributed by atoms with Gasteiger partial charge < -0.3 is 15.0 Å². The van der Waals surface area contributed by atoms with Gasteiger partial charge in [-0.3, -0.25) is 4.79 Å². The van der Waals surface area contributed by atoms with Crippen molar-refractivity contribution in [3.05, 3.63) is 65.5 Å². The zero-order chi connectivity index (χ0) is 25.7. The molecule has 0 unspecified atom stereocenters. The number of nitrogens with one attached hydrogen (secondary N) is 1. The van der Waals surface area contributed by atoms with Crippen LogP contribution in [0.5, 0.6) is 0 Å². The van der Waals surface area contributed by atoms with E-state index in [0.717, 1.165) is 23.5 Å². The fourth-order valence-electron chi connectivity index (χ4n) is 2.93. The summed E-state index contributed by atoms with van der Waals surface area (Å²) in [5.74, 6) is -2.77. The van der Waals surface area contributed by atoms with Crippen LogP contribution in [0.1, 0.15) is 48.1 Å². The average molecular weight is 480 g/mol. The first-order chi connectivity index (χ1) is 15.7. The number of hydrogen-bond donors (Lipinski definition) is 2. The van der Waals surface area contributed by atoms with Crippen LogP contribution in [0.4, 0.5) is 13.2 Å². The maximum absolute atomic E-state index is 13.1. The fourth-order valence-corrected chi connectivity index (χ4v) is 2.93. The van der Waals surface area contributed by atoms with Crippen molar-refractivity contribution in [1.82, 2.24) is 24.6 Å². The number of amides is 1. The lowest BCUT2D eigenvalue weighted by atomic mass is 9.89. The molecule has 0 saturated heterocycles. The highest BCUT2D eigenvalue weighted by Gasteiger charge is 2.38. The fraction of sp³-hybridized carbons (Fsp3) is 0.391. The number of hydrogen-bond acceptors (Lipinski definition) is 4. The first-order valence-corrected chi connectivity index (χ1v) is 10.4. The number of aryl methyl sites for hydroxylation is 1. The summed E-state index contributed by atoms with van der Waals surface area (Å²) in [6.07, 6.45) is 0.939. The van der Waals surface area contributed by atoms with Crippen molar-refractivity contribution in [1.29, 1.82) is 0 Å². The molecule has 0 atom stereocenters. The Bertz CT molecular complexity index is 1100. The maximum Gasteiger partial charge on any atom is 0.490 e. The minimum Gasteiger partial charge on any atom is -0.475 e. The number of carboxylic acids is 1. The van der Waals surface area contributed by atoms with Gasteiger partial charge >= 0.3 is 12.1 Å². The summed E-state index contributed by atoms with van der Waals surface area (Å²) in [6, 6.07) is 8.13. The average Bonchev–Trinajstić information content (AvgIpc) is 3.41. The maximum atomic E-state index is 13.1. The van der Waals surface area contributed by atoms with Gasteiger partial charge in [0.15, 0.2) is 0 Å². The Morgan fingerprint density at radius 2 is 1.74 bits per heavy atom. The molecule has 3 aromatic rings. The molecule has 0 aliphatic heterocycles. The summed E-state index contributed by atoms with van der Waals surface area (Å²) in [4.78, 5) is 30.8. The summed E-state index contributed by atoms with van der Waals surface area (Å²) in [5.41, 5.74) is 4.38. The largest absolute Gasteiger partial charge is 0.490 e. The number of carbonyl (C=O) groups excluding carboxylic acids is 1. The highest BCUT2D eigenvalue weighted by molar-refractivity contribution is 5.95. The Hall–Kier alpha value is -3.63. The lowest BCUT2D eigenvalue weighted by molar-refractivity contribution is -0.192. The Morgan fingerprint density at radius 3 is 2.21 bits per heavy atom. The Morgan fingerprint density at radius 1 is 1.15 bits per heavy atom. The SMILES string of the molecule is Cc1ccc(-n2cc(C(=O)N(C)CCc3cnc[nH]3)c(C(C)(C)C)n2)cc1.O=C(O)C(F)(F)F. The number of imidazole rings is 1. The molecule has 8 nitrogen and oxygen atoms in total. The second-order valence-corrected chi connectivity index (χ2v) is 8.78. The first-order valence-electron chi connectivity index (χ1n) is 10.4. The van der Waals surface area contributed by atoms with Gasteiger partial charge in [-0.15, -0.1) is 0 Å². The number of halogens is 3. The van der Waals surface area contributed by atoms with Gasteiger partial charge in [-0.1, -0.05) is 38.5 Å². The molecule has 0 radical (unpaired) electrons. The molecule has 0 aliphatic rings. The van der Waals surface area contributed by atoms with Gasteiger partial charge in [-0.25, -0.2) is 14.5 Å². The number of aliphatic carboxylic acids is 1. The normalized spacial score (nSPS) is 11.5. The molecular formula is C23H28F3N5O3. The van der Waals surface area contributed by atoms with Gasteiger partial charge in [0, 0.05) is 43.5 Å². The van der Waals surface area contributed by atoms with Crippen LogP contribution in [-0.4, -0.2) is 61.4 Å². The van der Waals surface area contributed by atoms with Crippen LogP contribution in [0.25, 0.3) is 5.69 Å². The van der Waals surface area contributed by atoms with Crippen LogP contribution in [0, 0.1) is 6.92 Å². The van der Waals surface area contributed by atoms with Gasteiger partial charge in [0.25, 0.3) is 5.91 Å². The van der Waals surface area contributed by atoms with E-state index < -0.39 is 12.1 Å². The topological polar surface area (TPSA) is 104 Å². The lowest BCUT2D eigenvalue weighted by Crippen LogP contribution is -2.30. The second-order valence-electron chi connectivity index (χ2n) is 8.78. The van der Waals surface area contributed by atoms with E-state index in [9.17, 15) is 18.0 Å². The van der Waals surface area contributed by atoms with Gasteiger partial charge in [-0.05, 0) is 19.1 Å². The molecule has 1 aromatic carbocycles. The van der Waals surface area contributed by atoms with E-state index in [1.165, 1.54) is 5.56 Å². The van der Waals surface area contributed by atoms with Gasteiger partial charge in [0.05, 0.1) is 23.3 Å². The standard InChI is InChI=1S/C21H27N5O.C2HF3O2/c1-15-6-8-17(9-7-15)26-13-18(19(24-26)21(2,3)4)20(27)25(5)11-10-16-12-22-14-23-16;3-2(4,5)1(6)7/h6-9,12-14H,10-11H2,1-5H3,(H,22,23);(H,6,7). The summed E-state index contributed by atoms with van der Waals surface area (Å²) < 4.78 is 33.5. The number of nitrogens with zero attached hydrogens (tertiary/aromatic N) is 4. The van der Waals surface area contributed by atoms with Crippen LogP contribution in [0.2, 0.25) is 0 Å². The molecule has 2 heterocycles. The molecule has 1 amide bonds. The third-order valence-electron chi connectivity index (χ3n) is 4.81. The van der Waals surface area contributed by atoms with Crippen molar-refractivity contribution in [3.63, 3.8) is 0 Å². The molecule has 2 N–H and O–H groups in total. The lowest BCUT2D eigenvalue weighted by Gasteiger charge is -2.20. The van der Waals surface area contributed by atoms with E-state index in [2.05, 4.69) is 37.7 Å². The monoisotopic (exact) mass is 479 g/mol. The second kappa shape index (κ2) is 10.5. The van der Waals surface area contributed by atoms with Gasteiger partial charge in [0.2, 0.25) is 0 Å². The highest BCUT2D eigenvalue weighted by Crippen LogP contribution is 2.26. The number of benzene rings is 1. The number of likely N-dealkylation sites (N-methyl/N-ethyl adjacent to an activating group) is 1. The minimum absolute atomic E-state index is 0.0159. The number of rotatable bonds is 5. The number of carboxylic acid groups (broad SMARTS) is 1. The predicted octanol–water partition coefficient (Wildman–Crippen LogP) is 4.15. The van der Waals surface area contributed by atoms with E-state index in [1.54, 1.807) is 22.1 Å². The molecule has 0 fully saturated rings. The van der Waals surface area contributed by atoms with E-state index in [1.807, 2.05) is 37.5 Å². The highest BCUT2D eigenvalue weighted by atomic mass is 19.4. The number of aromatic amines is 1. The molecular weight excluding hydrogens is 451 g/mol. The number of aromatic nitrogens is 4. The summed E-state index contributed by atoms with van der Waals surface area (Å²) in [7, 11) is 1.83. The van der Waals surface area contributed by atoms with Gasteiger partial charge in [0.1, 0.15) is 0 Å². The number of carbonyl (C=O) groups is 2. The molecule has 0 spiro atoms. The molecule has 3 rings (SSSR count). The van der Waals surface area contributed by atoms with E-state index in [-0.39, 0.29) is 11.3 Å². The third-order valence-corrected chi connectivity index (χ3v) is 4.81. The van der Waals surface area contributed by atoms with Crippen LogP contribution >= 0.6 is 0 Å². The minimum atomic E-state index is -5.08. The van der Waals surface area contributed by atoms with Crippen LogP contribution in [0.3, 0.4) is 0 Å². The molecule has 0 saturated carbocycles. The Labute approximate surface area is 195 Å². The summed E-state index contributed by atoms with van der Waals surface area (Å²) in [6.45, 7) is 8.90. The third kappa shape index (κ3) is 7.19. The van der Waals surface area contributed by atoms with Crippen molar-refractivity contribution in [2.24, 2.45) is 0 Å². The summed E-state index contributed by atoms with van der Waals surface area (Å²) >= 11 is 0. The quantitative estimate of drug-likeness (QED) is 0.572. The van der Waals surface area contributed by atoms with Crippen molar-refractivity contribution in [3.8, 4) is 5.69 Å². The number of alkyl halides is 3. The predicted molar refractivity (Wildman–Crippen MR) is 120 cm³/mol. The van der Waals surface area contributed by atoms with Crippen molar-refractivity contribution in [2.45, 2.75) is 45.7 Å². The van der Waals surface area contributed by atoms with Crippen molar-refractivity contribution < 1.29 is 27.9 Å². The van der Waals surface area contributed by atoms with Crippen LogP contribution < -0.4 is 0 Å². The summed E-state index contributed by atoms with van der Waals surface area (Å²) in [5, 5.41) is 11.9. The Kier molecular flexibility index (Phi) is 8.25. The molecule has 11 heteroatoms. The first kappa shape index (κ1) is 26.6. The van der Waals surface area contributed by atoms with Crippen LogP contribution in [-0.2, 0) is 16.6 Å². The Balaban J connectivity index is 0.000000509. The van der Waals surface area contributed by atoms with Crippen molar-refractivity contribution >= 4 is 11.9 Å². The van der Waals surface area contributed by atoms with Gasteiger partial charge in [-0.2, -0.15) is 18.3 Å². The van der Waals surface area contributed by atoms with Crippen molar-refractivity contribution in [2.75, 3.05) is 13.6 Å². The zero-order valence-corrected chi connectivity index (χ0v) is 19.6. The molecule has 2 aromatic heterocycles. The molecule has 34 heavy (non-hydrogen) atoms. The van der Waals surface area contributed by atoms with E-state index in [4.69, 9.17) is 15.0 Å². The smallest absolute Gasteiger partial charge is 0.475 e. The van der Waals surface area contributed by atoms with E-state index in [0.29, 0.717) is 12.1 Å². The molecule has 0 aliphatic carbocycles. The molecule has 184 valence electrons. The molecule has 0 bridgehead atoms. The van der Waals surface area contributed by atoms with Crippen LogP contribution in [0.15, 0.2) is 43.0 Å². The zero-order valence-electron chi connectivity index (χ0n) is 19.6. The number of H-pyrrole nitrogens is 1. The van der Waals surface area contributed by atoms with E-state index >= 15 is 0 Å².